The number of aromatic nitrogens is 2. The number of carbonyl (C=O) groups is 1. The molecule has 3 aliphatic rings. The number of anilines is 1. The third-order valence-corrected chi connectivity index (χ3v) is 11.1. The molecule has 1 fully saturated rings. The summed E-state index contributed by atoms with van der Waals surface area (Å²) in [6.45, 7) is 0. The highest BCUT2D eigenvalue weighted by Gasteiger charge is 2.27. The largest absolute Gasteiger partial charge is 0.349 e. The van der Waals surface area contributed by atoms with E-state index in [0.29, 0.717) is 12.5 Å². The normalized spacial score (nSPS) is 18.9. The Balaban J connectivity index is 0.000000123. The van der Waals surface area contributed by atoms with E-state index in [0.717, 1.165) is 62.6 Å². The van der Waals surface area contributed by atoms with E-state index in [1.54, 1.807) is 0 Å². The number of nitrogens with one attached hydrogen (secondary N) is 2. The summed E-state index contributed by atoms with van der Waals surface area (Å²) in [6.07, 6.45) is 5.87. The summed E-state index contributed by atoms with van der Waals surface area (Å²) in [6, 6.07) is 44.7. The van der Waals surface area contributed by atoms with Gasteiger partial charge in [0.15, 0.2) is 0 Å². The standard InChI is InChI=1S/C16H14Br2N2.C16H13BrN2.C10H11NO/c17-12-6-7-15(13(18)10-12)20-16-9-8-14(19-16)11-4-2-1-3-5-11;17-12-6-7-13-15(10-12)19-14(8-9-16(19)18-13)11-4-2-1-3-5-11;12-10-7-6-9(11-10)8-4-2-1-3-5-8/h1-7,10,14H,8-9H2,(H,19,20);1-7,10,14H,8-9H2;1-5,9H,6-7H2,(H,11,12)/t2*14-;9-/m111/s1. The zero-order valence-corrected chi connectivity index (χ0v) is 32.7. The second kappa shape index (κ2) is 16.5. The third-order valence-electron chi connectivity index (χ3n) is 9.42. The lowest BCUT2D eigenvalue weighted by molar-refractivity contribution is -0.119. The SMILES string of the molecule is Brc1ccc(NC2=N[C@@H](c3ccccc3)CC2)c(Br)c1.Brc1ccc2nc3n(c2c1)[C@@H](c1ccccc1)CC3.O=C1CC[C@H](c2ccccc2)N1. The van der Waals surface area contributed by atoms with Crippen molar-refractivity contribution >= 4 is 76.3 Å². The van der Waals surface area contributed by atoms with Crippen LogP contribution in [0.4, 0.5) is 5.69 Å². The molecule has 1 amide bonds. The highest BCUT2D eigenvalue weighted by Crippen LogP contribution is 2.36. The van der Waals surface area contributed by atoms with Crippen LogP contribution in [0.5, 0.6) is 0 Å². The number of benzene rings is 5. The monoisotopic (exact) mass is 865 g/mol. The van der Waals surface area contributed by atoms with Gasteiger partial charge < -0.3 is 15.2 Å². The molecule has 6 aromatic rings. The molecule has 0 saturated carbocycles. The van der Waals surface area contributed by atoms with E-state index in [1.165, 1.54) is 28.0 Å². The van der Waals surface area contributed by atoms with Crippen molar-refractivity contribution in [3.05, 3.63) is 163 Å². The molecule has 1 aromatic heterocycles. The molecule has 2 N–H and O–H groups in total. The van der Waals surface area contributed by atoms with Gasteiger partial charge in [0, 0.05) is 32.7 Å². The van der Waals surface area contributed by atoms with Crippen LogP contribution in [0.1, 0.15) is 72.7 Å². The first kappa shape index (κ1) is 35.4. The van der Waals surface area contributed by atoms with Crippen molar-refractivity contribution in [1.29, 1.82) is 0 Å². The molecule has 0 spiro atoms. The van der Waals surface area contributed by atoms with Crippen molar-refractivity contribution in [2.45, 2.75) is 56.7 Å². The number of aryl methyl sites for hydroxylation is 1. The number of rotatable bonds is 4. The maximum absolute atomic E-state index is 10.9. The molecular formula is C42H38Br3N5O. The maximum atomic E-state index is 10.9. The first-order chi connectivity index (χ1) is 24.9. The summed E-state index contributed by atoms with van der Waals surface area (Å²) < 4.78 is 5.61. The predicted molar refractivity (Wildman–Crippen MR) is 218 cm³/mol. The van der Waals surface area contributed by atoms with Crippen LogP contribution in [-0.2, 0) is 11.2 Å². The van der Waals surface area contributed by atoms with E-state index in [4.69, 9.17) is 9.98 Å². The molecule has 6 nitrogen and oxygen atoms in total. The van der Waals surface area contributed by atoms with Gasteiger partial charge >= 0.3 is 0 Å². The Morgan fingerprint density at radius 2 is 1.31 bits per heavy atom. The molecular weight excluding hydrogens is 830 g/mol. The minimum absolute atomic E-state index is 0.170. The van der Waals surface area contributed by atoms with Crippen LogP contribution in [0.3, 0.4) is 0 Å². The summed E-state index contributed by atoms with van der Waals surface area (Å²) in [7, 11) is 0. The van der Waals surface area contributed by atoms with Gasteiger partial charge in [-0.3, -0.25) is 9.79 Å². The fourth-order valence-electron chi connectivity index (χ4n) is 6.92. The zero-order chi connectivity index (χ0) is 35.2. The molecule has 258 valence electrons. The van der Waals surface area contributed by atoms with Crippen LogP contribution < -0.4 is 10.6 Å². The molecule has 0 unspecified atom stereocenters. The van der Waals surface area contributed by atoms with Gasteiger partial charge in [-0.05, 0) is 88.3 Å². The highest BCUT2D eigenvalue weighted by atomic mass is 79.9. The zero-order valence-electron chi connectivity index (χ0n) is 28.0. The second-order valence-corrected chi connectivity index (χ2v) is 15.5. The molecule has 1 saturated heterocycles. The van der Waals surface area contributed by atoms with Crippen LogP contribution in [0, 0.1) is 0 Å². The molecule has 9 rings (SSSR count). The van der Waals surface area contributed by atoms with Gasteiger partial charge in [-0.2, -0.15) is 0 Å². The number of carbonyl (C=O) groups excluding carboxylic acids is 1. The number of aliphatic imine (C=N–C) groups is 1. The number of halogens is 3. The van der Waals surface area contributed by atoms with Crippen LogP contribution in [0.25, 0.3) is 11.0 Å². The number of amides is 1. The number of nitrogens with zero attached hydrogens (tertiary/aromatic N) is 3. The van der Waals surface area contributed by atoms with Gasteiger partial charge in [-0.1, -0.05) is 123 Å². The van der Waals surface area contributed by atoms with Gasteiger partial charge in [0.2, 0.25) is 5.91 Å². The predicted octanol–water partition coefficient (Wildman–Crippen LogP) is 11.5. The summed E-state index contributed by atoms with van der Waals surface area (Å²) in [5.74, 6) is 2.44. The Labute approximate surface area is 324 Å². The molecule has 0 bridgehead atoms. The van der Waals surface area contributed by atoms with E-state index in [1.807, 2.05) is 42.5 Å². The molecule has 9 heteroatoms. The van der Waals surface area contributed by atoms with Crippen molar-refractivity contribution < 1.29 is 4.79 Å². The number of imidazole rings is 1. The minimum atomic E-state index is 0.170. The molecule has 5 aromatic carbocycles. The van der Waals surface area contributed by atoms with Gasteiger partial charge in [-0.15, -0.1) is 0 Å². The quantitative estimate of drug-likeness (QED) is 0.185. The highest BCUT2D eigenvalue weighted by molar-refractivity contribution is 9.11. The summed E-state index contributed by atoms with van der Waals surface area (Å²) in [4.78, 5) is 20.5. The van der Waals surface area contributed by atoms with Gasteiger partial charge in [0.1, 0.15) is 11.7 Å². The number of amidine groups is 1. The Hall–Kier alpha value is -4.05. The van der Waals surface area contributed by atoms with E-state index in [9.17, 15) is 4.79 Å². The summed E-state index contributed by atoms with van der Waals surface area (Å²) >= 11 is 10.6. The van der Waals surface area contributed by atoms with Crippen LogP contribution in [-0.4, -0.2) is 21.3 Å². The average molecular weight is 869 g/mol. The molecule has 0 radical (unpaired) electrons. The Bertz CT molecular complexity index is 2140. The van der Waals surface area contributed by atoms with Gasteiger partial charge in [-0.25, -0.2) is 4.98 Å². The number of fused-ring (bicyclic) bond motifs is 3. The van der Waals surface area contributed by atoms with Crippen LogP contribution in [0.15, 0.2) is 146 Å². The lowest BCUT2D eigenvalue weighted by atomic mass is 10.0. The Morgan fingerprint density at radius 3 is 1.98 bits per heavy atom. The van der Waals surface area contributed by atoms with Crippen LogP contribution in [0.2, 0.25) is 0 Å². The maximum Gasteiger partial charge on any atom is 0.220 e. The second-order valence-electron chi connectivity index (χ2n) is 12.9. The summed E-state index contributed by atoms with van der Waals surface area (Å²) in [5, 5.41) is 6.35. The van der Waals surface area contributed by atoms with Gasteiger partial charge in [0.25, 0.3) is 0 Å². The molecule has 4 heterocycles. The molecule has 51 heavy (non-hydrogen) atoms. The Kier molecular flexibility index (Phi) is 11.5. The fourth-order valence-corrected chi connectivity index (χ4v) is 8.42. The van der Waals surface area contributed by atoms with Crippen molar-refractivity contribution in [3.63, 3.8) is 0 Å². The molecule has 3 aliphatic heterocycles. The number of hydrogen-bond donors (Lipinski definition) is 2. The molecule has 3 atom stereocenters. The van der Waals surface area contributed by atoms with Gasteiger partial charge in [0.05, 0.1) is 34.8 Å². The third kappa shape index (κ3) is 8.71. The van der Waals surface area contributed by atoms with Crippen molar-refractivity contribution in [3.8, 4) is 0 Å². The number of hydrogen-bond acceptors (Lipinski definition) is 4. The lowest BCUT2D eigenvalue weighted by Gasteiger charge is -2.14. The Morgan fingerprint density at radius 1 is 0.667 bits per heavy atom. The van der Waals surface area contributed by atoms with Crippen molar-refractivity contribution in [1.82, 2.24) is 14.9 Å². The lowest BCUT2D eigenvalue weighted by Crippen LogP contribution is -2.17. The molecule has 0 aliphatic carbocycles. The van der Waals surface area contributed by atoms with Crippen molar-refractivity contribution in [2.24, 2.45) is 4.99 Å². The smallest absolute Gasteiger partial charge is 0.220 e. The van der Waals surface area contributed by atoms with Crippen molar-refractivity contribution in [2.75, 3.05) is 5.32 Å². The topological polar surface area (TPSA) is 71.3 Å². The first-order valence-corrected chi connectivity index (χ1v) is 19.7. The average Bonchev–Trinajstić information content (AvgIpc) is 3.97. The van der Waals surface area contributed by atoms with E-state index < -0.39 is 0 Å². The van der Waals surface area contributed by atoms with E-state index in [2.05, 4.69) is 148 Å². The fraction of sp³-hybridized carbons (Fsp3) is 0.214. The first-order valence-electron chi connectivity index (χ1n) is 17.3. The minimum Gasteiger partial charge on any atom is -0.349 e. The van der Waals surface area contributed by atoms with E-state index >= 15 is 0 Å². The van der Waals surface area contributed by atoms with E-state index in [-0.39, 0.29) is 18.0 Å². The summed E-state index contributed by atoms with van der Waals surface area (Å²) in [5.41, 5.74) is 7.26. The van der Waals surface area contributed by atoms with Crippen LogP contribution >= 0.6 is 47.8 Å².